The van der Waals surface area contributed by atoms with Crippen LogP contribution in [0.1, 0.15) is 66.4 Å². The van der Waals surface area contributed by atoms with Crippen molar-refractivity contribution in [2.45, 2.75) is 77.5 Å². The third-order valence-electron chi connectivity index (χ3n) is 5.38. The van der Waals surface area contributed by atoms with E-state index in [1.165, 1.54) is 17.8 Å². The second kappa shape index (κ2) is 9.46. The summed E-state index contributed by atoms with van der Waals surface area (Å²) in [5.41, 5.74) is 6.93. The standard InChI is InChI=1S/C23H30FN5O4S/c1-21(2,3)32-19(30)29(20(31)33-22(4,5)6)18-26-23(9-7-8-14(23)13-34-18)15-10-16(24)12-17(11-15)27-28-25/h10-12,14H,7-9,13H2,1-6H3/t14-,23-/m0/s1. The highest BCUT2D eigenvalue weighted by Crippen LogP contribution is 2.52. The topological polar surface area (TPSA) is 117 Å². The Morgan fingerprint density at radius 3 is 2.35 bits per heavy atom. The van der Waals surface area contributed by atoms with Gasteiger partial charge in [-0.25, -0.2) is 19.0 Å². The third-order valence-corrected chi connectivity index (χ3v) is 6.48. The molecule has 1 fully saturated rings. The molecule has 0 radical (unpaired) electrons. The highest BCUT2D eigenvalue weighted by molar-refractivity contribution is 8.13. The van der Waals surface area contributed by atoms with Crippen molar-refractivity contribution >= 4 is 34.8 Å². The van der Waals surface area contributed by atoms with Gasteiger partial charge in [-0.3, -0.25) is 0 Å². The van der Waals surface area contributed by atoms with E-state index in [1.807, 2.05) is 0 Å². The van der Waals surface area contributed by atoms with Crippen molar-refractivity contribution < 1.29 is 23.5 Å². The molecule has 184 valence electrons. The highest BCUT2D eigenvalue weighted by atomic mass is 32.2. The van der Waals surface area contributed by atoms with Crippen LogP contribution in [-0.4, -0.2) is 39.2 Å². The number of amides is 2. The van der Waals surface area contributed by atoms with Crippen LogP contribution in [0.25, 0.3) is 10.4 Å². The number of nitrogens with zero attached hydrogens (tertiary/aromatic N) is 5. The summed E-state index contributed by atoms with van der Waals surface area (Å²) in [6.45, 7) is 10.2. The third kappa shape index (κ3) is 5.82. The van der Waals surface area contributed by atoms with Crippen LogP contribution in [0.4, 0.5) is 19.7 Å². The molecule has 34 heavy (non-hydrogen) atoms. The Morgan fingerprint density at radius 2 is 1.79 bits per heavy atom. The number of carbonyl (C=O) groups is 2. The Balaban J connectivity index is 2.12. The molecule has 0 spiro atoms. The Kier molecular flexibility index (Phi) is 7.19. The minimum absolute atomic E-state index is 0.0566. The van der Waals surface area contributed by atoms with Gasteiger partial charge in [0.1, 0.15) is 17.0 Å². The number of fused-ring (bicyclic) bond motifs is 1. The lowest BCUT2D eigenvalue weighted by atomic mass is 9.81. The monoisotopic (exact) mass is 491 g/mol. The van der Waals surface area contributed by atoms with E-state index in [1.54, 1.807) is 47.6 Å². The van der Waals surface area contributed by atoms with Crippen molar-refractivity contribution in [2.24, 2.45) is 16.0 Å². The molecule has 1 saturated carbocycles. The van der Waals surface area contributed by atoms with Crippen LogP contribution in [0.2, 0.25) is 0 Å². The number of imide groups is 1. The van der Waals surface area contributed by atoms with Gasteiger partial charge in [-0.1, -0.05) is 23.3 Å². The number of aliphatic imine (C=N–C) groups is 1. The Labute approximate surface area is 202 Å². The number of benzene rings is 1. The predicted octanol–water partition coefficient (Wildman–Crippen LogP) is 7.04. The summed E-state index contributed by atoms with van der Waals surface area (Å²) in [5, 5.41) is 3.69. The molecule has 0 unspecified atom stereocenters. The number of amidine groups is 1. The van der Waals surface area contributed by atoms with Crippen molar-refractivity contribution in [1.82, 2.24) is 4.90 Å². The fourth-order valence-corrected chi connectivity index (χ4v) is 5.44. The van der Waals surface area contributed by atoms with Crippen molar-refractivity contribution in [1.29, 1.82) is 0 Å². The first kappa shape index (κ1) is 25.8. The lowest BCUT2D eigenvalue weighted by molar-refractivity contribution is 0.0150. The van der Waals surface area contributed by atoms with Gasteiger partial charge >= 0.3 is 12.2 Å². The average molecular weight is 492 g/mol. The number of rotatable bonds is 2. The first-order valence-electron chi connectivity index (χ1n) is 11.1. The van der Waals surface area contributed by atoms with Crippen LogP contribution in [-0.2, 0) is 15.0 Å². The zero-order chi connectivity index (χ0) is 25.3. The van der Waals surface area contributed by atoms with E-state index < -0.39 is 34.7 Å². The van der Waals surface area contributed by atoms with Crippen LogP contribution in [0.15, 0.2) is 28.3 Å². The van der Waals surface area contributed by atoms with E-state index in [2.05, 4.69) is 10.0 Å². The molecule has 2 amide bonds. The van der Waals surface area contributed by atoms with Gasteiger partial charge < -0.3 is 9.47 Å². The number of azide groups is 1. The second-order valence-corrected chi connectivity index (χ2v) is 11.4. The summed E-state index contributed by atoms with van der Waals surface area (Å²) in [4.78, 5) is 34.7. The van der Waals surface area contributed by atoms with E-state index in [0.717, 1.165) is 23.8 Å². The Morgan fingerprint density at radius 1 is 1.18 bits per heavy atom. The molecule has 11 heteroatoms. The summed E-state index contributed by atoms with van der Waals surface area (Å²) in [6, 6.07) is 4.14. The van der Waals surface area contributed by atoms with Crippen LogP contribution < -0.4 is 0 Å². The molecule has 0 bridgehead atoms. The van der Waals surface area contributed by atoms with E-state index in [-0.39, 0.29) is 16.8 Å². The van der Waals surface area contributed by atoms with Crippen molar-refractivity contribution in [2.75, 3.05) is 5.75 Å². The molecule has 2 aliphatic rings. The van der Waals surface area contributed by atoms with Gasteiger partial charge in [0.2, 0.25) is 0 Å². The van der Waals surface area contributed by atoms with Gasteiger partial charge in [-0.15, -0.1) is 0 Å². The van der Waals surface area contributed by atoms with Gasteiger partial charge in [0.25, 0.3) is 0 Å². The molecule has 1 aromatic carbocycles. The zero-order valence-electron chi connectivity index (χ0n) is 20.3. The Bertz CT molecular complexity index is 1030. The smallest absolute Gasteiger partial charge is 0.426 e. The minimum atomic E-state index is -0.895. The molecule has 1 heterocycles. The van der Waals surface area contributed by atoms with Crippen molar-refractivity contribution in [3.63, 3.8) is 0 Å². The SMILES string of the molecule is CC(C)(C)OC(=O)N(C(=O)OC(C)(C)C)C1=N[C@@]2(c3cc(F)cc(N=[N+]=[N-])c3)CCC[C@H]2CS1. The van der Waals surface area contributed by atoms with Gasteiger partial charge in [0.05, 0.1) is 5.54 Å². The van der Waals surface area contributed by atoms with Gasteiger partial charge in [-0.2, -0.15) is 4.90 Å². The normalized spacial score (nSPS) is 22.2. The average Bonchev–Trinajstić information content (AvgIpc) is 3.09. The van der Waals surface area contributed by atoms with E-state index in [9.17, 15) is 14.0 Å². The molecule has 2 atom stereocenters. The van der Waals surface area contributed by atoms with Crippen molar-refractivity contribution in [3.05, 3.63) is 40.0 Å². The molecular formula is C23H30FN5O4S. The number of hydrogen-bond acceptors (Lipinski definition) is 7. The number of carbonyl (C=O) groups excluding carboxylic acids is 2. The molecule has 1 aliphatic carbocycles. The molecule has 0 aromatic heterocycles. The first-order valence-corrected chi connectivity index (χ1v) is 12.1. The van der Waals surface area contributed by atoms with Crippen LogP contribution in [0.5, 0.6) is 0 Å². The lowest BCUT2D eigenvalue weighted by Gasteiger charge is -2.38. The first-order chi connectivity index (χ1) is 15.7. The maximum Gasteiger partial charge on any atom is 0.426 e. The van der Waals surface area contributed by atoms with Crippen molar-refractivity contribution in [3.8, 4) is 0 Å². The maximum atomic E-state index is 14.4. The number of hydrogen-bond donors (Lipinski definition) is 0. The van der Waals surface area contributed by atoms with Crippen LogP contribution >= 0.6 is 11.8 Å². The minimum Gasteiger partial charge on any atom is -0.443 e. The van der Waals surface area contributed by atoms with E-state index >= 15 is 0 Å². The zero-order valence-corrected chi connectivity index (χ0v) is 21.1. The van der Waals surface area contributed by atoms with Gasteiger partial charge in [0.15, 0.2) is 5.17 Å². The fraction of sp³-hybridized carbons (Fsp3) is 0.609. The van der Waals surface area contributed by atoms with E-state index in [4.69, 9.17) is 20.0 Å². The Hall–Kier alpha value is -2.78. The van der Waals surface area contributed by atoms with E-state index in [0.29, 0.717) is 17.7 Å². The van der Waals surface area contributed by atoms with Gasteiger partial charge in [-0.05, 0) is 89.6 Å². The van der Waals surface area contributed by atoms with Crippen LogP contribution in [0, 0.1) is 11.7 Å². The molecule has 0 saturated heterocycles. The highest BCUT2D eigenvalue weighted by Gasteiger charge is 2.49. The maximum absolute atomic E-state index is 14.4. The number of halogens is 1. The summed E-state index contributed by atoms with van der Waals surface area (Å²) in [6.07, 6.45) is 0.504. The number of thioether (sulfide) groups is 1. The molecule has 1 aromatic rings. The number of ether oxygens (including phenoxy) is 2. The largest absolute Gasteiger partial charge is 0.443 e. The second-order valence-electron chi connectivity index (χ2n) is 10.4. The molecule has 9 nitrogen and oxygen atoms in total. The summed E-state index contributed by atoms with van der Waals surface area (Å²) in [7, 11) is 0. The van der Waals surface area contributed by atoms with Crippen LogP contribution in [0.3, 0.4) is 0 Å². The quantitative estimate of drug-likeness (QED) is 0.250. The molecule has 0 N–H and O–H groups in total. The fourth-order valence-electron chi connectivity index (χ4n) is 4.15. The molecular weight excluding hydrogens is 461 g/mol. The van der Waals surface area contributed by atoms with Gasteiger partial charge in [0, 0.05) is 16.4 Å². The molecule has 3 rings (SSSR count). The molecule has 1 aliphatic heterocycles. The summed E-state index contributed by atoms with van der Waals surface area (Å²) < 4.78 is 25.4. The lowest BCUT2D eigenvalue weighted by Crippen LogP contribution is -2.48. The summed E-state index contributed by atoms with van der Waals surface area (Å²) in [5.74, 6) is 0.0704. The predicted molar refractivity (Wildman–Crippen MR) is 128 cm³/mol. The summed E-state index contributed by atoms with van der Waals surface area (Å²) >= 11 is 1.27.